The van der Waals surface area contributed by atoms with Crippen molar-refractivity contribution in [3.8, 4) is 5.75 Å². The molecule has 0 aromatic heterocycles. The van der Waals surface area contributed by atoms with E-state index in [1.165, 1.54) is 12.1 Å². The first-order chi connectivity index (χ1) is 7.40. The second-order valence-corrected chi connectivity index (χ2v) is 4.08. The van der Waals surface area contributed by atoms with E-state index in [4.69, 9.17) is 10.5 Å². The molecule has 0 radical (unpaired) electrons. The minimum Gasteiger partial charge on any atom is -0.490 e. The number of nitrogen functional groups attached to an aromatic ring is 1. The molecule has 1 atom stereocenters. The summed E-state index contributed by atoms with van der Waals surface area (Å²) in [6.07, 6.45) is -0.0126. The van der Waals surface area contributed by atoms with Gasteiger partial charge in [0.1, 0.15) is 5.75 Å². The largest absolute Gasteiger partial charge is 0.490 e. The predicted molar refractivity (Wildman–Crippen MR) is 62.4 cm³/mol. The van der Waals surface area contributed by atoms with Crippen LogP contribution in [-0.4, -0.2) is 11.0 Å². The van der Waals surface area contributed by atoms with Crippen LogP contribution in [-0.2, 0) is 0 Å². The fraction of sp³-hybridized carbons (Fsp3) is 0.455. The average molecular weight is 224 g/mol. The summed E-state index contributed by atoms with van der Waals surface area (Å²) >= 11 is 0. The van der Waals surface area contributed by atoms with Crippen LogP contribution in [0, 0.1) is 16.0 Å². The van der Waals surface area contributed by atoms with Crippen LogP contribution in [0.1, 0.15) is 20.8 Å². The van der Waals surface area contributed by atoms with Gasteiger partial charge in [0.15, 0.2) is 0 Å². The molecule has 0 bridgehead atoms. The molecule has 1 rings (SSSR count). The molecule has 2 N–H and O–H groups in total. The summed E-state index contributed by atoms with van der Waals surface area (Å²) in [5, 5.41) is 10.6. The molecule has 0 spiro atoms. The maximum atomic E-state index is 10.6. The third-order valence-electron chi connectivity index (χ3n) is 2.39. The quantitative estimate of drug-likeness (QED) is 0.484. The van der Waals surface area contributed by atoms with Gasteiger partial charge in [-0.05, 0) is 12.8 Å². The van der Waals surface area contributed by atoms with Gasteiger partial charge in [-0.2, -0.15) is 0 Å². The monoisotopic (exact) mass is 224 g/mol. The van der Waals surface area contributed by atoms with Crippen LogP contribution in [0.4, 0.5) is 11.4 Å². The molecule has 5 nitrogen and oxygen atoms in total. The number of rotatable bonds is 4. The van der Waals surface area contributed by atoms with Gasteiger partial charge in [0.25, 0.3) is 5.69 Å². The number of hydrogen-bond acceptors (Lipinski definition) is 4. The smallest absolute Gasteiger partial charge is 0.275 e. The van der Waals surface area contributed by atoms with Crippen molar-refractivity contribution in [3.63, 3.8) is 0 Å². The van der Waals surface area contributed by atoms with Crippen molar-refractivity contribution in [2.24, 2.45) is 5.92 Å². The Labute approximate surface area is 94.4 Å². The van der Waals surface area contributed by atoms with E-state index < -0.39 is 4.92 Å². The van der Waals surface area contributed by atoms with E-state index in [0.29, 0.717) is 17.4 Å². The van der Waals surface area contributed by atoms with Crippen molar-refractivity contribution in [2.75, 3.05) is 5.73 Å². The van der Waals surface area contributed by atoms with E-state index in [1.54, 1.807) is 6.07 Å². The van der Waals surface area contributed by atoms with Gasteiger partial charge in [0.2, 0.25) is 0 Å². The van der Waals surface area contributed by atoms with Crippen LogP contribution in [0.15, 0.2) is 18.2 Å². The molecule has 1 unspecified atom stereocenters. The van der Waals surface area contributed by atoms with E-state index in [1.807, 2.05) is 20.8 Å². The van der Waals surface area contributed by atoms with Crippen molar-refractivity contribution in [1.82, 2.24) is 0 Å². The van der Waals surface area contributed by atoms with Gasteiger partial charge in [0.05, 0.1) is 17.1 Å². The van der Waals surface area contributed by atoms with Crippen molar-refractivity contribution >= 4 is 11.4 Å². The number of benzene rings is 1. The highest BCUT2D eigenvalue weighted by atomic mass is 16.6. The summed E-state index contributed by atoms with van der Waals surface area (Å²) in [5.74, 6) is 0.772. The molecular formula is C11H16N2O3. The van der Waals surface area contributed by atoms with Crippen molar-refractivity contribution in [2.45, 2.75) is 26.9 Å². The number of nitro groups is 1. The number of anilines is 1. The van der Waals surface area contributed by atoms with Gasteiger partial charge in [-0.1, -0.05) is 13.8 Å². The molecule has 16 heavy (non-hydrogen) atoms. The highest BCUT2D eigenvalue weighted by Gasteiger charge is 2.13. The van der Waals surface area contributed by atoms with Crippen molar-refractivity contribution in [1.29, 1.82) is 0 Å². The molecule has 0 aliphatic rings. The van der Waals surface area contributed by atoms with E-state index in [9.17, 15) is 10.1 Å². The second-order valence-electron chi connectivity index (χ2n) is 4.08. The first-order valence-electron chi connectivity index (χ1n) is 5.11. The topological polar surface area (TPSA) is 78.4 Å². The van der Waals surface area contributed by atoms with E-state index in [2.05, 4.69) is 0 Å². The zero-order valence-corrected chi connectivity index (χ0v) is 9.64. The van der Waals surface area contributed by atoms with E-state index >= 15 is 0 Å². The molecule has 0 amide bonds. The number of ether oxygens (including phenoxy) is 1. The minimum atomic E-state index is -0.483. The van der Waals surface area contributed by atoms with Gasteiger partial charge in [-0.25, -0.2) is 0 Å². The zero-order valence-electron chi connectivity index (χ0n) is 9.64. The SMILES string of the molecule is CC(C)C(C)Oc1cc(N)cc([N+](=O)[O-])c1. The zero-order chi connectivity index (χ0) is 12.3. The van der Waals surface area contributed by atoms with Gasteiger partial charge >= 0.3 is 0 Å². The van der Waals surface area contributed by atoms with Gasteiger partial charge in [0, 0.05) is 17.8 Å². The Morgan fingerprint density at radius 3 is 2.44 bits per heavy atom. The van der Waals surface area contributed by atoms with Crippen molar-refractivity contribution < 1.29 is 9.66 Å². The summed E-state index contributed by atoms with van der Waals surface area (Å²) in [4.78, 5) is 10.1. The third-order valence-corrected chi connectivity index (χ3v) is 2.39. The lowest BCUT2D eigenvalue weighted by Crippen LogP contribution is -2.18. The van der Waals surface area contributed by atoms with Crippen LogP contribution in [0.5, 0.6) is 5.75 Å². The summed E-state index contributed by atoms with van der Waals surface area (Å²) in [6.45, 7) is 5.95. The molecule has 5 heteroatoms. The van der Waals surface area contributed by atoms with Gasteiger partial charge in [-0.3, -0.25) is 10.1 Å². The van der Waals surface area contributed by atoms with Crippen LogP contribution < -0.4 is 10.5 Å². The number of hydrogen-bond donors (Lipinski definition) is 1. The molecular weight excluding hydrogens is 208 g/mol. The fourth-order valence-electron chi connectivity index (χ4n) is 1.13. The number of non-ortho nitro benzene ring substituents is 1. The Balaban J connectivity index is 2.92. The highest BCUT2D eigenvalue weighted by molar-refractivity contribution is 5.53. The van der Waals surface area contributed by atoms with Gasteiger partial charge in [-0.15, -0.1) is 0 Å². The summed E-state index contributed by atoms with van der Waals surface area (Å²) in [5.41, 5.74) is 5.85. The summed E-state index contributed by atoms with van der Waals surface area (Å²) in [6, 6.07) is 4.29. The molecule has 1 aromatic carbocycles. The van der Waals surface area contributed by atoms with Crippen LogP contribution >= 0.6 is 0 Å². The molecule has 88 valence electrons. The Kier molecular flexibility index (Phi) is 3.71. The molecule has 0 aliphatic heterocycles. The first-order valence-corrected chi connectivity index (χ1v) is 5.11. The van der Waals surface area contributed by atoms with Crippen LogP contribution in [0.2, 0.25) is 0 Å². The standard InChI is InChI=1S/C11H16N2O3/c1-7(2)8(3)16-11-5-9(12)4-10(6-11)13(14)15/h4-8H,12H2,1-3H3. The molecule has 0 aliphatic carbocycles. The average Bonchev–Trinajstić information content (AvgIpc) is 2.16. The molecule has 0 fully saturated rings. The second kappa shape index (κ2) is 4.83. The Morgan fingerprint density at radius 1 is 1.31 bits per heavy atom. The number of nitrogens with zero attached hydrogens (tertiary/aromatic N) is 1. The number of nitro benzene ring substituents is 1. The highest BCUT2D eigenvalue weighted by Crippen LogP contribution is 2.25. The van der Waals surface area contributed by atoms with E-state index in [0.717, 1.165) is 0 Å². The maximum absolute atomic E-state index is 10.6. The van der Waals surface area contributed by atoms with E-state index in [-0.39, 0.29) is 11.8 Å². The van der Waals surface area contributed by atoms with Crippen LogP contribution in [0.25, 0.3) is 0 Å². The first kappa shape index (κ1) is 12.3. The molecule has 0 saturated carbocycles. The van der Waals surface area contributed by atoms with Gasteiger partial charge < -0.3 is 10.5 Å². The Morgan fingerprint density at radius 2 is 1.94 bits per heavy atom. The maximum Gasteiger partial charge on any atom is 0.275 e. The fourth-order valence-corrected chi connectivity index (χ4v) is 1.13. The Bertz CT molecular complexity index is 391. The lowest BCUT2D eigenvalue weighted by atomic mass is 10.1. The summed E-state index contributed by atoms with van der Waals surface area (Å²) < 4.78 is 5.56. The Hall–Kier alpha value is -1.78. The lowest BCUT2D eigenvalue weighted by molar-refractivity contribution is -0.384. The lowest BCUT2D eigenvalue weighted by Gasteiger charge is -2.18. The molecule has 0 saturated heterocycles. The van der Waals surface area contributed by atoms with Crippen LogP contribution in [0.3, 0.4) is 0 Å². The number of nitrogens with two attached hydrogens (primary N) is 1. The normalized spacial score (nSPS) is 12.5. The van der Waals surface area contributed by atoms with Crippen molar-refractivity contribution in [3.05, 3.63) is 28.3 Å². The molecule has 0 heterocycles. The minimum absolute atomic E-state index is 0.0126. The summed E-state index contributed by atoms with van der Waals surface area (Å²) in [7, 11) is 0. The molecule has 1 aromatic rings. The predicted octanol–water partition coefficient (Wildman–Crippen LogP) is 2.60. The third kappa shape index (κ3) is 3.12.